The van der Waals surface area contributed by atoms with Gasteiger partial charge in [-0.15, -0.1) is 0 Å². The topological polar surface area (TPSA) is 49.4 Å². The Morgan fingerprint density at radius 3 is 2.45 bits per heavy atom. The number of nitrogens with zero attached hydrogens (tertiary/aromatic N) is 1. The molecule has 1 aromatic carbocycles. The molecule has 1 aromatic rings. The average Bonchev–Trinajstić information content (AvgIpc) is 2.44. The van der Waals surface area contributed by atoms with Gasteiger partial charge in [0.05, 0.1) is 18.5 Å². The zero-order valence-corrected chi connectivity index (χ0v) is 12.5. The largest absolute Gasteiger partial charge is 0.416 e. The fourth-order valence-corrected chi connectivity index (χ4v) is 1.95. The third-order valence-corrected chi connectivity index (χ3v) is 3.05. The van der Waals surface area contributed by atoms with Crippen LogP contribution < -0.4 is 5.32 Å². The van der Waals surface area contributed by atoms with E-state index in [-0.39, 0.29) is 30.3 Å². The molecule has 0 aromatic heterocycles. The number of likely N-dealkylation sites (N-methyl/N-ethyl adjacent to an activating group) is 2. The van der Waals surface area contributed by atoms with Crippen LogP contribution in [0, 0.1) is 0 Å². The SMILES string of the molecule is CCNC(=O)CN(CC)C(=O)Cc1cccc(C(F)(F)F)c1. The number of amides is 2. The second-order valence-corrected chi connectivity index (χ2v) is 4.74. The number of benzene rings is 1. The maximum Gasteiger partial charge on any atom is 0.416 e. The van der Waals surface area contributed by atoms with E-state index in [0.717, 1.165) is 12.1 Å². The Morgan fingerprint density at radius 2 is 1.91 bits per heavy atom. The molecule has 0 saturated heterocycles. The van der Waals surface area contributed by atoms with Gasteiger partial charge in [-0.3, -0.25) is 9.59 Å². The summed E-state index contributed by atoms with van der Waals surface area (Å²) in [5.74, 6) is -0.671. The Bertz CT molecular complexity index is 530. The molecule has 0 atom stereocenters. The first-order chi connectivity index (χ1) is 10.3. The molecule has 1 N–H and O–H groups in total. The lowest BCUT2D eigenvalue weighted by molar-refractivity contribution is -0.138. The first-order valence-corrected chi connectivity index (χ1v) is 6.98. The highest BCUT2D eigenvalue weighted by Gasteiger charge is 2.30. The molecule has 0 aliphatic heterocycles. The lowest BCUT2D eigenvalue weighted by Crippen LogP contribution is -2.41. The van der Waals surface area contributed by atoms with Gasteiger partial charge in [-0.2, -0.15) is 13.2 Å². The molecule has 22 heavy (non-hydrogen) atoms. The van der Waals surface area contributed by atoms with Crippen LogP contribution in [0.5, 0.6) is 0 Å². The van der Waals surface area contributed by atoms with Crippen LogP contribution in [0.25, 0.3) is 0 Å². The van der Waals surface area contributed by atoms with E-state index in [0.29, 0.717) is 13.1 Å². The third-order valence-electron chi connectivity index (χ3n) is 3.05. The number of carbonyl (C=O) groups is 2. The van der Waals surface area contributed by atoms with Crippen LogP contribution in [0.2, 0.25) is 0 Å². The first-order valence-electron chi connectivity index (χ1n) is 6.98. The standard InChI is InChI=1S/C15H19F3N2O2/c1-3-19-13(21)10-20(4-2)14(22)9-11-6-5-7-12(8-11)15(16,17)18/h5-8H,3-4,9-10H2,1-2H3,(H,19,21). The summed E-state index contributed by atoms with van der Waals surface area (Å²) in [6.07, 6.45) is -4.61. The molecule has 0 bridgehead atoms. The van der Waals surface area contributed by atoms with Gasteiger partial charge in [0, 0.05) is 13.1 Å². The summed E-state index contributed by atoms with van der Waals surface area (Å²) >= 11 is 0. The Balaban J connectivity index is 2.76. The maximum absolute atomic E-state index is 12.6. The zero-order chi connectivity index (χ0) is 16.8. The van der Waals surface area contributed by atoms with E-state index >= 15 is 0 Å². The molecule has 2 amide bonds. The van der Waals surface area contributed by atoms with Crippen LogP contribution in [-0.2, 0) is 22.2 Å². The number of hydrogen-bond acceptors (Lipinski definition) is 2. The highest BCUT2D eigenvalue weighted by atomic mass is 19.4. The van der Waals surface area contributed by atoms with Crippen LogP contribution in [0.15, 0.2) is 24.3 Å². The van der Waals surface area contributed by atoms with Crippen molar-refractivity contribution in [1.82, 2.24) is 10.2 Å². The number of rotatable bonds is 6. The van der Waals surface area contributed by atoms with E-state index in [1.807, 2.05) is 0 Å². The summed E-state index contributed by atoms with van der Waals surface area (Å²) in [5, 5.41) is 2.58. The fraction of sp³-hybridized carbons (Fsp3) is 0.467. The molecule has 7 heteroatoms. The predicted molar refractivity (Wildman–Crippen MR) is 76.1 cm³/mol. The van der Waals surface area contributed by atoms with Crippen molar-refractivity contribution in [3.63, 3.8) is 0 Å². The maximum atomic E-state index is 12.6. The summed E-state index contributed by atoms with van der Waals surface area (Å²) in [6.45, 7) is 4.15. The first kappa shape index (κ1) is 18.0. The average molecular weight is 316 g/mol. The summed E-state index contributed by atoms with van der Waals surface area (Å²) in [7, 11) is 0. The highest BCUT2D eigenvalue weighted by Crippen LogP contribution is 2.29. The van der Waals surface area contributed by atoms with E-state index in [9.17, 15) is 22.8 Å². The summed E-state index contributed by atoms with van der Waals surface area (Å²) in [6, 6.07) is 4.65. The highest BCUT2D eigenvalue weighted by molar-refractivity contribution is 5.85. The number of halogens is 3. The second kappa shape index (κ2) is 7.82. The van der Waals surface area contributed by atoms with Crippen molar-refractivity contribution in [3.05, 3.63) is 35.4 Å². The van der Waals surface area contributed by atoms with E-state index < -0.39 is 11.7 Å². The lowest BCUT2D eigenvalue weighted by Gasteiger charge is -2.20. The van der Waals surface area contributed by atoms with Gasteiger partial charge in [0.15, 0.2) is 0 Å². The van der Waals surface area contributed by atoms with Crippen molar-refractivity contribution in [1.29, 1.82) is 0 Å². The molecular formula is C15H19F3N2O2. The third kappa shape index (κ3) is 5.38. The fourth-order valence-electron chi connectivity index (χ4n) is 1.95. The predicted octanol–water partition coefficient (Wildman–Crippen LogP) is 2.23. The lowest BCUT2D eigenvalue weighted by atomic mass is 10.1. The van der Waals surface area contributed by atoms with Crippen LogP contribution in [0.3, 0.4) is 0 Å². The molecule has 0 spiro atoms. The van der Waals surface area contributed by atoms with E-state index in [2.05, 4.69) is 5.32 Å². The normalized spacial score (nSPS) is 11.1. The minimum atomic E-state index is -4.44. The van der Waals surface area contributed by atoms with Gasteiger partial charge in [-0.25, -0.2) is 0 Å². The van der Waals surface area contributed by atoms with Crippen molar-refractivity contribution >= 4 is 11.8 Å². The number of hydrogen-bond donors (Lipinski definition) is 1. The van der Waals surface area contributed by atoms with Gasteiger partial charge in [0.2, 0.25) is 11.8 Å². The van der Waals surface area contributed by atoms with Gasteiger partial charge >= 0.3 is 6.18 Å². The van der Waals surface area contributed by atoms with Crippen molar-refractivity contribution in [2.45, 2.75) is 26.4 Å². The van der Waals surface area contributed by atoms with Gasteiger partial charge in [-0.1, -0.05) is 18.2 Å². The Hall–Kier alpha value is -2.05. The molecule has 122 valence electrons. The molecule has 0 aliphatic rings. The van der Waals surface area contributed by atoms with E-state index in [1.54, 1.807) is 13.8 Å². The zero-order valence-electron chi connectivity index (χ0n) is 12.5. The van der Waals surface area contributed by atoms with Crippen molar-refractivity contribution < 1.29 is 22.8 Å². The molecule has 0 fully saturated rings. The van der Waals surface area contributed by atoms with E-state index in [4.69, 9.17) is 0 Å². The van der Waals surface area contributed by atoms with Gasteiger partial charge < -0.3 is 10.2 Å². The Kier molecular flexibility index (Phi) is 6.39. The van der Waals surface area contributed by atoms with Crippen molar-refractivity contribution in [2.75, 3.05) is 19.6 Å². The van der Waals surface area contributed by atoms with Crippen LogP contribution >= 0.6 is 0 Å². The molecular weight excluding hydrogens is 297 g/mol. The summed E-state index contributed by atoms with van der Waals surface area (Å²) in [5.41, 5.74) is -0.515. The minimum absolute atomic E-state index is 0.0951. The smallest absolute Gasteiger partial charge is 0.355 e. The summed E-state index contributed by atoms with van der Waals surface area (Å²) < 4.78 is 37.9. The van der Waals surface area contributed by atoms with Gasteiger partial charge in [0.1, 0.15) is 0 Å². The van der Waals surface area contributed by atoms with Gasteiger partial charge in [0.25, 0.3) is 0 Å². The number of nitrogens with one attached hydrogen (secondary N) is 1. The molecule has 4 nitrogen and oxygen atoms in total. The molecule has 0 unspecified atom stereocenters. The second-order valence-electron chi connectivity index (χ2n) is 4.74. The van der Waals surface area contributed by atoms with Crippen LogP contribution in [0.1, 0.15) is 25.0 Å². The quantitative estimate of drug-likeness (QED) is 0.875. The molecule has 1 rings (SSSR count). The van der Waals surface area contributed by atoms with Crippen LogP contribution in [-0.4, -0.2) is 36.3 Å². The molecule has 0 aliphatic carbocycles. The Morgan fingerprint density at radius 1 is 1.23 bits per heavy atom. The summed E-state index contributed by atoms with van der Waals surface area (Å²) in [4.78, 5) is 24.9. The molecule has 0 saturated carbocycles. The number of alkyl halides is 3. The monoisotopic (exact) mass is 316 g/mol. The van der Waals surface area contributed by atoms with Crippen molar-refractivity contribution in [2.24, 2.45) is 0 Å². The minimum Gasteiger partial charge on any atom is -0.355 e. The van der Waals surface area contributed by atoms with Gasteiger partial charge in [-0.05, 0) is 25.5 Å². The van der Waals surface area contributed by atoms with Crippen LogP contribution in [0.4, 0.5) is 13.2 Å². The van der Waals surface area contributed by atoms with E-state index in [1.165, 1.54) is 17.0 Å². The Labute approximate surface area is 127 Å². The molecule has 0 radical (unpaired) electrons. The number of carbonyl (C=O) groups excluding carboxylic acids is 2. The molecule has 0 heterocycles. The van der Waals surface area contributed by atoms with Crippen molar-refractivity contribution in [3.8, 4) is 0 Å².